The number of nitrogens with two attached hydrogens (primary N) is 1. The Morgan fingerprint density at radius 3 is 2.72 bits per heavy atom. The van der Waals surface area contributed by atoms with Crippen LogP contribution >= 0.6 is 0 Å². The fourth-order valence-electron chi connectivity index (χ4n) is 2.18. The minimum Gasteiger partial charge on any atom is -0.324 e. The number of para-hydroxylation sites is 1. The minimum atomic E-state index is -0.339. The van der Waals surface area contributed by atoms with Crippen molar-refractivity contribution in [3.8, 4) is 5.69 Å². The zero-order valence-electron chi connectivity index (χ0n) is 10.1. The maximum atomic E-state index is 14.3. The van der Waals surface area contributed by atoms with E-state index >= 15 is 0 Å². The molecule has 2 aromatic rings. The van der Waals surface area contributed by atoms with E-state index in [9.17, 15) is 4.39 Å². The predicted molar refractivity (Wildman–Crippen MR) is 67.8 cm³/mol. The van der Waals surface area contributed by atoms with Crippen molar-refractivity contribution in [3.63, 3.8) is 0 Å². The Morgan fingerprint density at radius 2 is 2.06 bits per heavy atom. The third-order valence-electron chi connectivity index (χ3n) is 3.42. The van der Waals surface area contributed by atoms with Crippen LogP contribution < -0.4 is 5.73 Å². The van der Waals surface area contributed by atoms with Crippen LogP contribution in [-0.2, 0) is 0 Å². The lowest BCUT2D eigenvalue weighted by Gasteiger charge is -2.09. The summed E-state index contributed by atoms with van der Waals surface area (Å²) < 4.78 is 15.6. The molecule has 0 amide bonds. The smallest absolute Gasteiger partial charge is 0.221 e. The highest BCUT2D eigenvalue weighted by molar-refractivity contribution is 5.32. The van der Waals surface area contributed by atoms with Crippen LogP contribution in [0.3, 0.4) is 0 Å². The van der Waals surface area contributed by atoms with Gasteiger partial charge < -0.3 is 5.73 Å². The molecule has 18 heavy (non-hydrogen) atoms. The van der Waals surface area contributed by atoms with E-state index in [1.54, 1.807) is 6.20 Å². The average molecular weight is 245 g/mol. The largest absolute Gasteiger partial charge is 0.324 e. The Kier molecular flexibility index (Phi) is 2.88. The number of nitrogens with zero attached hydrogens (tertiary/aromatic N) is 2. The maximum Gasteiger partial charge on any atom is 0.221 e. The van der Waals surface area contributed by atoms with E-state index in [-0.39, 0.29) is 12.0 Å². The molecule has 1 heterocycles. The molecule has 1 aliphatic carbocycles. The van der Waals surface area contributed by atoms with Gasteiger partial charge in [-0.15, -0.1) is 0 Å². The normalized spacial score (nSPS) is 16.8. The molecule has 0 bridgehead atoms. The summed E-state index contributed by atoms with van der Waals surface area (Å²) in [5.74, 6) is 0.342. The number of aromatic nitrogens is 2. The molecule has 94 valence electrons. The quantitative estimate of drug-likeness (QED) is 0.900. The number of halogens is 1. The van der Waals surface area contributed by atoms with Gasteiger partial charge in [-0.3, -0.25) is 0 Å². The zero-order chi connectivity index (χ0) is 12.5. The molecule has 1 aromatic heterocycles. The average Bonchev–Trinajstić information content (AvgIpc) is 3.11. The maximum absolute atomic E-state index is 14.3. The zero-order valence-corrected chi connectivity index (χ0v) is 10.1. The van der Waals surface area contributed by atoms with Gasteiger partial charge in [-0.05, 0) is 24.5 Å². The van der Waals surface area contributed by atoms with E-state index in [4.69, 9.17) is 5.73 Å². The van der Waals surface area contributed by atoms with E-state index in [0.29, 0.717) is 11.5 Å². The van der Waals surface area contributed by atoms with Gasteiger partial charge in [0.2, 0.25) is 5.95 Å². The van der Waals surface area contributed by atoms with Crippen LogP contribution in [0.1, 0.15) is 30.9 Å². The summed E-state index contributed by atoms with van der Waals surface area (Å²) in [6.45, 7) is 0. The molecular formula is C14H16FN3. The Morgan fingerprint density at radius 1 is 1.33 bits per heavy atom. The standard InChI is InChI=1S/C14H16FN3/c15-14-12(13(16)8-10-6-7-10)9-17-18(14)11-4-2-1-3-5-11/h1-5,9-10,13H,6-8,16H2. The van der Waals surface area contributed by atoms with Gasteiger partial charge in [0, 0.05) is 11.6 Å². The molecule has 3 nitrogen and oxygen atoms in total. The van der Waals surface area contributed by atoms with Gasteiger partial charge in [-0.1, -0.05) is 31.0 Å². The van der Waals surface area contributed by atoms with Gasteiger partial charge in [-0.25, -0.2) is 4.68 Å². The first-order chi connectivity index (χ1) is 8.75. The third-order valence-corrected chi connectivity index (χ3v) is 3.42. The van der Waals surface area contributed by atoms with Crippen LogP contribution in [0.2, 0.25) is 0 Å². The Hall–Kier alpha value is -1.68. The lowest BCUT2D eigenvalue weighted by Crippen LogP contribution is -2.12. The van der Waals surface area contributed by atoms with Crippen molar-refractivity contribution >= 4 is 0 Å². The van der Waals surface area contributed by atoms with E-state index < -0.39 is 0 Å². The summed E-state index contributed by atoms with van der Waals surface area (Å²) in [6.07, 6.45) is 4.86. The number of hydrogen-bond donors (Lipinski definition) is 1. The van der Waals surface area contributed by atoms with E-state index in [1.165, 1.54) is 17.5 Å². The second-order valence-corrected chi connectivity index (χ2v) is 4.92. The molecule has 1 aromatic carbocycles. The van der Waals surface area contributed by atoms with Crippen molar-refractivity contribution in [1.82, 2.24) is 9.78 Å². The van der Waals surface area contributed by atoms with E-state index in [0.717, 1.165) is 12.1 Å². The summed E-state index contributed by atoms with van der Waals surface area (Å²) in [5.41, 5.74) is 7.28. The Bertz CT molecular complexity index is 531. The SMILES string of the molecule is NC(CC1CC1)c1cnn(-c2ccccc2)c1F. The molecule has 4 heteroatoms. The van der Waals surface area contributed by atoms with Crippen LogP contribution in [0.5, 0.6) is 0 Å². The predicted octanol–water partition coefficient (Wildman–Crippen LogP) is 2.81. The van der Waals surface area contributed by atoms with Crippen molar-refractivity contribution in [2.75, 3.05) is 0 Å². The van der Waals surface area contributed by atoms with Gasteiger partial charge >= 0.3 is 0 Å². The topological polar surface area (TPSA) is 43.8 Å². The van der Waals surface area contributed by atoms with Crippen LogP contribution in [0.15, 0.2) is 36.5 Å². The molecule has 1 fully saturated rings. The summed E-state index contributed by atoms with van der Waals surface area (Å²) >= 11 is 0. The van der Waals surface area contributed by atoms with Crippen LogP contribution in [0.4, 0.5) is 4.39 Å². The molecule has 1 aliphatic rings. The number of rotatable bonds is 4. The molecule has 1 saturated carbocycles. The monoisotopic (exact) mass is 245 g/mol. The first-order valence-electron chi connectivity index (χ1n) is 6.30. The third kappa shape index (κ3) is 2.16. The van der Waals surface area contributed by atoms with Gasteiger partial charge in [-0.2, -0.15) is 9.49 Å². The van der Waals surface area contributed by atoms with Crippen molar-refractivity contribution < 1.29 is 4.39 Å². The molecule has 1 atom stereocenters. The first-order valence-corrected chi connectivity index (χ1v) is 6.30. The lowest BCUT2D eigenvalue weighted by molar-refractivity contribution is 0.499. The molecule has 0 spiro atoms. The summed E-state index contributed by atoms with van der Waals surface area (Å²) in [4.78, 5) is 0. The van der Waals surface area contributed by atoms with Gasteiger partial charge in [0.25, 0.3) is 0 Å². The van der Waals surface area contributed by atoms with Gasteiger partial charge in [0.15, 0.2) is 0 Å². The summed E-state index contributed by atoms with van der Waals surface area (Å²) in [5, 5.41) is 4.10. The van der Waals surface area contributed by atoms with E-state index in [1.807, 2.05) is 30.3 Å². The van der Waals surface area contributed by atoms with Crippen LogP contribution in [0, 0.1) is 11.9 Å². The highest BCUT2D eigenvalue weighted by Crippen LogP contribution is 2.37. The highest BCUT2D eigenvalue weighted by atomic mass is 19.1. The Balaban J connectivity index is 1.87. The molecule has 0 saturated heterocycles. The molecule has 0 radical (unpaired) electrons. The molecule has 2 N–H and O–H groups in total. The minimum absolute atomic E-state index is 0.241. The highest BCUT2D eigenvalue weighted by Gasteiger charge is 2.27. The van der Waals surface area contributed by atoms with Crippen molar-refractivity contribution in [2.45, 2.75) is 25.3 Å². The fourth-order valence-corrected chi connectivity index (χ4v) is 2.18. The molecular weight excluding hydrogens is 229 g/mol. The lowest BCUT2D eigenvalue weighted by atomic mass is 10.1. The second kappa shape index (κ2) is 4.53. The van der Waals surface area contributed by atoms with Crippen LogP contribution in [0.25, 0.3) is 5.69 Å². The number of benzene rings is 1. The van der Waals surface area contributed by atoms with Gasteiger partial charge in [0.1, 0.15) is 0 Å². The first kappa shape index (κ1) is 11.4. The van der Waals surface area contributed by atoms with Crippen LogP contribution in [-0.4, -0.2) is 9.78 Å². The fraction of sp³-hybridized carbons (Fsp3) is 0.357. The Labute approximate surface area is 105 Å². The number of hydrogen-bond acceptors (Lipinski definition) is 2. The van der Waals surface area contributed by atoms with E-state index in [2.05, 4.69) is 5.10 Å². The molecule has 3 rings (SSSR count). The molecule has 1 unspecified atom stereocenters. The van der Waals surface area contributed by atoms with Gasteiger partial charge in [0.05, 0.1) is 11.9 Å². The van der Waals surface area contributed by atoms with Crippen molar-refractivity contribution in [1.29, 1.82) is 0 Å². The van der Waals surface area contributed by atoms with Crippen molar-refractivity contribution in [3.05, 3.63) is 48.0 Å². The summed E-state index contributed by atoms with van der Waals surface area (Å²) in [7, 11) is 0. The summed E-state index contributed by atoms with van der Waals surface area (Å²) in [6, 6.07) is 9.03. The van der Waals surface area contributed by atoms with Crippen molar-refractivity contribution in [2.24, 2.45) is 11.7 Å². The second-order valence-electron chi connectivity index (χ2n) is 4.92. The molecule has 0 aliphatic heterocycles.